The van der Waals surface area contributed by atoms with Gasteiger partial charge in [0.2, 0.25) is 11.8 Å². The van der Waals surface area contributed by atoms with Crippen LogP contribution in [0.5, 0.6) is 0 Å². The molecule has 1 atom stereocenters. The standard InChI is InChI=1S/C37H36N6O2/c1-27-23-33(41(2)40-27)17-18-35(44)43(25-29-13-15-31(16-14-29)36-38-20-8-21-39-36)34(24-28-9-4-3-5-10-28)37(45)42-22-19-30-11-6-7-12-32(30)26-42/h3-18,20-21,23,34H,19,22,24-26H2,1-2H3. The van der Waals surface area contributed by atoms with Crippen molar-refractivity contribution in [2.75, 3.05) is 6.54 Å². The van der Waals surface area contributed by atoms with Crippen molar-refractivity contribution >= 4 is 17.9 Å². The molecule has 1 aliphatic heterocycles. The van der Waals surface area contributed by atoms with Crippen LogP contribution >= 0.6 is 0 Å². The summed E-state index contributed by atoms with van der Waals surface area (Å²) in [7, 11) is 1.85. The predicted molar refractivity (Wildman–Crippen MR) is 174 cm³/mol. The van der Waals surface area contributed by atoms with Crippen LogP contribution in [-0.4, -0.2) is 53.9 Å². The average Bonchev–Trinajstić information content (AvgIpc) is 3.41. The molecule has 6 rings (SSSR count). The quantitative estimate of drug-likeness (QED) is 0.212. The highest BCUT2D eigenvalue weighted by Gasteiger charge is 2.34. The number of hydrogen-bond donors (Lipinski definition) is 0. The smallest absolute Gasteiger partial charge is 0.247 e. The van der Waals surface area contributed by atoms with E-state index in [2.05, 4.69) is 27.2 Å². The predicted octanol–water partition coefficient (Wildman–Crippen LogP) is 5.42. The molecule has 0 bridgehead atoms. The van der Waals surface area contributed by atoms with Gasteiger partial charge in [0.15, 0.2) is 5.82 Å². The molecule has 0 spiro atoms. The summed E-state index contributed by atoms with van der Waals surface area (Å²) in [5.41, 5.74) is 6.88. The minimum absolute atomic E-state index is 0.0548. The van der Waals surface area contributed by atoms with E-state index >= 15 is 0 Å². The second kappa shape index (κ2) is 13.5. The molecule has 0 fully saturated rings. The lowest BCUT2D eigenvalue weighted by Gasteiger charge is -2.37. The Bertz CT molecular complexity index is 1800. The average molecular weight is 597 g/mol. The summed E-state index contributed by atoms with van der Waals surface area (Å²) in [4.78, 5) is 41.0. The Morgan fingerprint density at radius 3 is 2.31 bits per heavy atom. The number of benzene rings is 3. The molecule has 0 radical (unpaired) electrons. The lowest BCUT2D eigenvalue weighted by molar-refractivity contribution is -0.144. The summed E-state index contributed by atoms with van der Waals surface area (Å²) in [6.07, 6.45) is 7.94. The Morgan fingerprint density at radius 2 is 1.60 bits per heavy atom. The van der Waals surface area contributed by atoms with Crippen LogP contribution in [0.3, 0.4) is 0 Å². The molecule has 8 heteroatoms. The first-order valence-electron chi connectivity index (χ1n) is 15.2. The first kappa shape index (κ1) is 29.7. The molecule has 45 heavy (non-hydrogen) atoms. The molecule has 0 N–H and O–H groups in total. The van der Waals surface area contributed by atoms with E-state index in [4.69, 9.17) is 0 Å². The fourth-order valence-corrected chi connectivity index (χ4v) is 5.85. The molecule has 3 aromatic carbocycles. The largest absolute Gasteiger partial charge is 0.336 e. The third-order valence-corrected chi connectivity index (χ3v) is 8.22. The number of fused-ring (bicyclic) bond motifs is 1. The van der Waals surface area contributed by atoms with E-state index < -0.39 is 6.04 Å². The molecule has 5 aromatic rings. The number of amides is 2. The Hall–Kier alpha value is -5.37. The summed E-state index contributed by atoms with van der Waals surface area (Å²) in [6.45, 7) is 3.31. The van der Waals surface area contributed by atoms with Gasteiger partial charge in [-0.3, -0.25) is 14.3 Å². The molecule has 1 aliphatic rings. The summed E-state index contributed by atoms with van der Waals surface area (Å²) >= 11 is 0. The third kappa shape index (κ3) is 7.07. The van der Waals surface area contributed by atoms with E-state index in [1.54, 1.807) is 40.2 Å². The third-order valence-electron chi connectivity index (χ3n) is 8.22. The summed E-state index contributed by atoms with van der Waals surface area (Å²) in [5, 5.41) is 4.40. The van der Waals surface area contributed by atoms with Crippen LogP contribution < -0.4 is 0 Å². The minimum atomic E-state index is -0.708. The van der Waals surface area contributed by atoms with Gasteiger partial charge in [-0.05, 0) is 53.8 Å². The van der Waals surface area contributed by atoms with E-state index in [0.717, 1.165) is 40.1 Å². The highest BCUT2D eigenvalue weighted by Crippen LogP contribution is 2.24. The number of aryl methyl sites for hydroxylation is 2. The molecule has 1 unspecified atom stereocenters. The Morgan fingerprint density at radius 1 is 0.889 bits per heavy atom. The maximum atomic E-state index is 14.5. The first-order chi connectivity index (χ1) is 21.9. The normalized spacial score (nSPS) is 13.4. The van der Waals surface area contributed by atoms with E-state index in [9.17, 15) is 9.59 Å². The van der Waals surface area contributed by atoms with Crippen LogP contribution in [0.4, 0.5) is 0 Å². The Labute approximate surface area is 263 Å². The molecule has 226 valence electrons. The molecule has 0 saturated heterocycles. The zero-order valence-corrected chi connectivity index (χ0v) is 25.6. The highest BCUT2D eigenvalue weighted by molar-refractivity contribution is 5.95. The summed E-state index contributed by atoms with van der Waals surface area (Å²) in [6, 6.07) is 29.0. The van der Waals surface area contributed by atoms with Crippen LogP contribution in [0.25, 0.3) is 17.5 Å². The van der Waals surface area contributed by atoms with Gasteiger partial charge in [0.25, 0.3) is 0 Å². The van der Waals surface area contributed by atoms with Gasteiger partial charge in [-0.25, -0.2) is 9.97 Å². The summed E-state index contributed by atoms with van der Waals surface area (Å²) < 4.78 is 1.74. The van der Waals surface area contributed by atoms with Crippen molar-refractivity contribution in [1.29, 1.82) is 0 Å². The lowest BCUT2D eigenvalue weighted by atomic mass is 9.97. The van der Waals surface area contributed by atoms with Crippen LogP contribution in [0, 0.1) is 6.92 Å². The lowest BCUT2D eigenvalue weighted by Crippen LogP contribution is -2.52. The van der Waals surface area contributed by atoms with Gasteiger partial charge in [-0.15, -0.1) is 0 Å². The van der Waals surface area contributed by atoms with Crippen molar-refractivity contribution in [3.05, 3.63) is 143 Å². The van der Waals surface area contributed by atoms with Crippen LogP contribution in [0.15, 0.2) is 109 Å². The van der Waals surface area contributed by atoms with Gasteiger partial charge in [-0.1, -0.05) is 78.9 Å². The number of rotatable bonds is 9. The van der Waals surface area contributed by atoms with Gasteiger partial charge in [0.05, 0.1) is 11.4 Å². The molecular weight excluding hydrogens is 560 g/mol. The number of aromatic nitrogens is 4. The zero-order valence-electron chi connectivity index (χ0n) is 25.6. The number of carbonyl (C=O) groups is 2. The van der Waals surface area contributed by atoms with Gasteiger partial charge >= 0.3 is 0 Å². The second-order valence-electron chi connectivity index (χ2n) is 11.4. The van der Waals surface area contributed by atoms with E-state index in [1.807, 2.05) is 91.7 Å². The van der Waals surface area contributed by atoms with Gasteiger partial charge < -0.3 is 9.80 Å². The second-order valence-corrected chi connectivity index (χ2v) is 11.4. The molecule has 0 saturated carbocycles. The van der Waals surface area contributed by atoms with E-state index in [1.165, 1.54) is 5.56 Å². The van der Waals surface area contributed by atoms with Crippen LogP contribution in [0.2, 0.25) is 0 Å². The molecular formula is C37H36N6O2. The first-order valence-corrected chi connectivity index (χ1v) is 15.2. The monoisotopic (exact) mass is 596 g/mol. The van der Waals surface area contributed by atoms with Crippen molar-refractivity contribution in [3.63, 3.8) is 0 Å². The van der Waals surface area contributed by atoms with Crippen LogP contribution in [-0.2, 0) is 42.6 Å². The van der Waals surface area contributed by atoms with Crippen molar-refractivity contribution in [3.8, 4) is 11.4 Å². The molecule has 0 aliphatic carbocycles. The van der Waals surface area contributed by atoms with Crippen molar-refractivity contribution < 1.29 is 9.59 Å². The molecule has 3 heterocycles. The number of carbonyl (C=O) groups excluding carboxylic acids is 2. The fourth-order valence-electron chi connectivity index (χ4n) is 5.85. The number of hydrogen-bond acceptors (Lipinski definition) is 5. The van der Waals surface area contributed by atoms with Crippen molar-refractivity contribution in [1.82, 2.24) is 29.5 Å². The minimum Gasteiger partial charge on any atom is -0.336 e. The SMILES string of the molecule is Cc1cc(C=CC(=O)N(Cc2ccc(-c3ncccn3)cc2)C(Cc2ccccc2)C(=O)N2CCc3ccccc3C2)n(C)n1. The van der Waals surface area contributed by atoms with Crippen LogP contribution in [0.1, 0.15) is 33.6 Å². The zero-order chi connectivity index (χ0) is 31.2. The maximum absolute atomic E-state index is 14.5. The van der Waals surface area contributed by atoms with Gasteiger partial charge in [-0.2, -0.15) is 5.10 Å². The van der Waals surface area contributed by atoms with E-state index in [-0.39, 0.29) is 18.4 Å². The van der Waals surface area contributed by atoms with Crippen molar-refractivity contribution in [2.24, 2.45) is 7.05 Å². The van der Waals surface area contributed by atoms with Gasteiger partial charge in [0, 0.05) is 57.1 Å². The molecule has 2 aromatic heterocycles. The Balaban J connectivity index is 1.35. The summed E-state index contributed by atoms with van der Waals surface area (Å²) in [5.74, 6) is 0.339. The fraction of sp³-hybridized carbons (Fsp3) is 0.216. The topological polar surface area (TPSA) is 84.2 Å². The highest BCUT2D eigenvalue weighted by atomic mass is 16.2. The van der Waals surface area contributed by atoms with E-state index in [0.29, 0.717) is 25.3 Å². The maximum Gasteiger partial charge on any atom is 0.247 e. The molecule has 8 nitrogen and oxygen atoms in total. The van der Waals surface area contributed by atoms with Crippen molar-refractivity contribution in [2.45, 2.75) is 38.9 Å². The number of nitrogens with zero attached hydrogens (tertiary/aromatic N) is 6. The van der Waals surface area contributed by atoms with Gasteiger partial charge in [0.1, 0.15) is 6.04 Å². The Kier molecular flexibility index (Phi) is 8.91. The molecule has 2 amide bonds.